The molecule has 3 amide bonds. The third kappa shape index (κ3) is 29.6. The normalized spacial score (nSPS) is 8.18. The van der Waals surface area contributed by atoms with Crippen LogP contribution in [0.2, 0.25) is 0 Å². The number of carbonyl (C=O) groups excluding carboxylic acids is 2. The van der Waals surface area contributed by atoms with Gasteiger partial charge in [-0.1, -0.05) is 6.08 Å². The van der Waals surface area contributed by atoms with Gasteiger partial charge < -0.3 is 11.5 Å². The van der Waals surface area contributed by atoms with E-state index in [1.807, 2.05) is 0 Å². The topological polar surface area (TPSA) is 118 Å². The zero-order valence-electron chi connectivity index (χ0n) is 6.07. The van der Waals surface area contributed by atoms with Gasteiger partial charge in [-0.15, -0.1) is 0 Å². The van der Waals surface area contributed by atoms with Crippen LogP contribution in [0.25, 0.3) is 0 Å². The third-order valence-electron chi connectivity index (χ3n) is 0.441. The van der Waals surface area contributed by atoms with Gasteiger partial charge in [0.05, 0.1) is 0 Å². The molecule has 0 unspecified atom stereocenters. The Hall–Kier alpha value is -1.56. The predicted molar refractivity (Wildman–Crippen MR) is 38.5 cm³/mol. The molecule has 64 valence electrons. The average Bonchev–Trinajstić information content (AvgIpc) is 1.89. The van der Waals surface area contributed by atoms with E-state index in [1.54, 1.807) is 13.0 Å². The van der Waals surface area contributed by atoms with Crippen LogP contribution in [-0.4, -0.2) is 17.1 Å². The number of primary amides is 2. The second-order valence-corrected chi connectivity index (χ2v) is 1.38. The summed E-state index contributed by atoms with van der Waals surface area (Å²) in [5.41, 5.74) is 10.1. The highest BCUT2D eigenvalue weighted by Crippen LogP contribution is 1.62. The number of nitrogens with two attached hydrogens (primary N) is 2. The Kier molecular flexibility index (Phi) is 9.32. The van der Waals surface area contributed by atoms with Gasteiger partial charge >= 0.3 is 6.03 Å². The summed E-state index contributed by atoms with van der Waals surface area (Å²) in [7, 11) is 0. The molecule has 0 aliphatic heterocycles. The molecule has 6 N–H and O–H groups in total. The minimum absolute atomic E-state index is 0.391. The van der Waals surface area contributed by atoms with Crippen molar-refractivity contribution < 1.29 is 14.8 Å². The number of urea groups is 1. The van der Waals surface area contributed by atoms with Crippen LogP contribution in [-0.2, 0) is 4.79 Å². The van der Waals surface area contributed by atoms with Crippen molar-refractivity contribution in [3.63, 3.8) is 0 Å². The number of hydrogen-bond donors (Lipinski definition) is 4. The van der Waals surface area contributed by atoms with Crippen LogP contribution in [0.4, 0.5) is 4.79 Å². The van der Waals surface area contributed by atoms with Crippen LogP contribution in [0.3, 0.4) is 0 Å². The number of amides is 3. The molecular formula is C5H11N3O3. The fourth-order valence-electron chi connectivity index (χ4n) is 0.164. The Balaban J connectivity index is 0. The number of nitrogens with one attached hydrogen (secondary N) is 1. The average molecular weight is 161 g/mol. The highest BCUT2D eigenvalue weighted by Gasteiger charge is 1.75. The summed E-state index contributed by atoms with van der Waals surface area (Å²) in [4.78, 5) is 19.0. The van der Waals surface area contributed by atoms with Crippen molar-refractivity contribution in [2.45, 2.75) is 6.92 Å². The van der Waals surface area contributed by atoms with Gasteiger partial charge in [-0.05, 0) is 13.0 Å². The number of rotatable bonds is 1. The van der Waals surface area contributed by atoms with E-state index in [2.05, 4.69) is 11.5 Å². The molecule has 0 aromatic heterocycles. The van der Waals surface area contributed by atoms with Gasteiger partial charge in [0.2, 0.25) is 5.91 Å². The van der Waals surface area contributed by atoms with E-state index in [0.29, 0.717) is 0 Å². The Morgan fingerprint density at radius 3 is 1.82 bits per heavy atom. The summed E-state index contributed by atoms with van der Waals surface area (Å²) in [6, 6.07) is -0.940. The molecule has 0 bridgehead atoms. The number of hydroxylamine groups is 1. The van der Waals surface area contributed by atoms with Crippen molar-refractivity contribution in [2.75, 3.05) is 0 Å². The molecule has 0 aromatic rings. The molecule has 0 fully saturated rings. The molecule has 0 radical (unpaired) electrons. The van der Waals surface area contributed by atoms with Crippen LogP contribution >= 0.6 is 0 Å². The first-order valence-electron chi connectivity index (χ1n) is 2.66. The quantitative estimate of drug-likeness (QED) is 0.226. The minimum Gasteiger partial charge on any atom is -0.366 e. The molecule has 0 saturated heterocycles. The Bertz CT molecular complexity index is 155. The lowest BCUT2D eigenvalue weighted by Gasteiger charge is -1.79. The minimum atomic E-state index is -0.940. The summed E-state index contributed by atoms with van der Waals surface area (Å²) in [5.74, 6) is -0.391. The second-order valence-electron chi connectivity index (χ2n) is 1.38. The highest BCUT2D eigenvalue weighted by molar-refractivity contribution is 5.85. The molecule has 0 heterocycles. The number of hydrogen-bond acceptors (Lipinski definition) is 3. The predicted octanol–water partition coefficient (Wildman–Crippen LogP) is -0.908. The van der Waals surface area contributed by atoms with E-state index >= 15 is 0 Å². The Labute approximate surface area is 63.8 Å². The Morgan fingerprint density at radius 1 is 1.45 bits per heavy atom. The van der Waals surface area contributed by atoms with E-state index < -0.39 is 11.9 Å². The fourth-order valence-corrected chi connectivity index (χ4v) is 0.164. The molecule has 0 aliphatic carbocycles. The van der Waals surface area contributed by atoms with Crippen LogP contribution < -0.4 is 16.9 Å². The Morgan fingerprint density at radius 2 is 1.82 bits per heavy atom. The van der Waals surface area contributed by atoms with Crippen molar-refractivity contribution in [1.82, 2.24) is 5.48 Å². The maximum absolute atomic E-state index is 9.73. The van der Waals surface area contributed by atoms with Crippen LogP contribution in [0.1, 0.15) is 6.92 Å². The van der Waals surface area contributed by atoms with Crippen LogP contribution in [0.15, 0.2) is 12.2 Å². The van der Waals surface area contributed by atoms with Gasteiger partial charge in [0, 0.05) is 0 Å². The first-order chi connectivity index (χ1) is 5.04. The summed E-state index contributed by atoms with van der Waals surface area (Å²) >= 11 is 0. The van der Waals surface area contributed by atoms with E-state index in [1.165, 1.54) is 11.6 Å². The summed E-state index contributed by atoms with van der Waals surface area (Å²) < 4.78 is 0. The molecule has 0 aliphatic rings. The zero-order chi connectivity index (χ0) is 9.28. The molecule has 0 aromatic carbocycles. The first kappa shape index (κ1) is 12.1. The fraction of sp³-hybridized carbons (Fsp3) is 0.200. The van der Waals surface area contributed by atoms with Crippen molar-refractivity contribution >= 4 is 11.9 Å². The third-order valence-corrected chi connectivity index (χ3v) is 0.441. The summed E-state index contributed by atoms with van der Waals surface area (Å²) in [6.45, 7) is 1.74. The molecule has 6 nitrogen and oxygen atoms in total. The van der Waals surface area contributed by atoms with Crippen molar-refractivity contribution in [1.29, 1.82) is 0 Å². The number of carbonyl (C=O) groups is 2. The van der Waals surface area contributed by atoms with Crippen molar-refractivity contribution in [3.05, 3.63) is 12.2 Å². The largest absolute Gasteiger partial charge is 0.366 e. The molecule has 0 atom stereocenters. The first-order valence-corrected chi connectivity index (χ1v) is 2.66. The van der Waals surface area contributed by atoms with Gasteiger partial charge in [0.15, 0.2) is 0 Å². The molecule has 11 heavy (non-hydrogen) atoms. The van der Waals surface area contributed by atoms with Crippen LogP contribution in [0, 0.1) is 0 Å². The standard InChI is InChI=1S/C4H7NO.CH4N2O2/c1-2-3-4(5)6;2-1(4)3-5/h2-3H,1H3,(H2,5,6);5H,(H3,2,3,4). The van der Waals surface area contributed by atoms with Crippen molar-refractivity contribution in [3.8, 4) is 0 Å². The SMILES string of the molecule is CC=CC(N)=O.NC(=O)NO. The van der Waals surface area contributed by atoms with E-state index in [-0.39, 0.29) is 0 Å². The van der Waals surface area contributed by atoms with E-state index in [4.69, 9.17) is 5.21 Å². The lowest BCUT2D eigenvalue weighted by atomic mass is 10.5. The lowest BCUT2D eigenvalue weighted by Crippen LogP contribution is -2.25. The number of allylic oxidation sites excluding steroid dienone is 1. The van der Waals surface area contributed by atoms with Crippen molar-refractivity contribution in [2.24, 2.45) is 11.5 Å². The van der Waals surface area contributed by atoms with Gasteiger partial charge in [0.1, 0.15) is 0 Å². The molecule has 0 rings (SSSR count). The van der Waals surface area contributed by atoms with Gasteiger partial charge in [0.25, 0.3) is 0 Å². The maximum Gasteiger partial charge on any atom is 0.335 e. The van der Waals surface area contributed by atoms with E-state index in [0.717, 1.165) is 0 Å². The maximum atomic E-state index is 9.73. The molecule has 0 saturated carbocycles. The molecular weight excluding hydrogens is 150 g/mol. The van der Waals surface area contributed by atoms with Crippen LogP contribution in [0.5, 0.6) is 0 Å². The summed E-state index contributed by atoms with van der Waals surface area (Å²) in [6.07, 6.45) is 2.91. The zero-order valence-corrected chi connectivity index (χ0v) is 6.07. The molecule has 0 spiro atoms. The second kappa shape index (κ2) is 8.44. The van der Waals surface area contributed by atoms with Gasteiger partial charge in [-0.3, -0.25) is 10.0 Å². The summed E-state index contributed by atoms with van der Waals surface area (Å²) in [5, 5.41) is 7.42. The van der Waals surface area contributed by atoms with E-state index in [9.17, 15) is 9.59 Å². The lowest BCUT2D eigenvalue weighted by molar-refractivity contribution is -0.113. The molecule has 6 heteroatoms. The monoisotopic (exact) mass is 161 g/mol. The van der Waals surface area contributed by atoms with Gasteiger partial charge in [-0.25, -0.2) is 10.3 Å². The highest BCUT2D eigenvalue weighted by atomic mass is 16.5. The van der Waals surface area contributed by atoms with Gasteiger partial charge in [-0.2, -0.15) is 0 Å². The smallest absolute Gasteiger partial charge is 0.335 e.